The molecule has 0 aliphatic carbocycles. The topological polar surface area (TPSA) is 79.8 Å². The molecule has 9 heteroatoms. The van der Waals surface area contributed by atoms with E-state index in [2.05, 4.69) is 14.9 Å². The smallest absolute Gasteiger partial charge is 0.274 e. The van der Waals surface area contributed by atoms with Crippen molar-refractivity contribution in [3.63, 3.8) is 0 Å². The van der Waals surface area contributed by atoms with Crippen molar-refractivity contribution in [2.24, 2.45) is 5.41 Å². The molecule has 2 fully saturated rings. The number of amides is 1. The van der Waals surface area contributed by atoms with Crippen LogP contribution in [0, 0.1) is 17.0 Å². The predicted octanol–water partition coefficient (Wildman–Crippen LogP) is 3.48. The molecule has 2 aromatic heterocycles. The SMILES string of the molecule is Nc1nc2c(F)cccc2c2nc(C(=O)N3CCC4(CCN(Cc5ccc(F)cc5)C4)C3)cn12. The monoisotopic (exact) mass is 462 g/mol. The van der Waals surface area contributed by atoms with Gasteiger partial charge in [0.2, 0.25) is 5.95 Å². The number of carbonyl (C=O) groups excluding carboxylic acids is 1. The first-order valence-corrected chi connectivity index (χ1v) is 11.4. The summed E-state index contributed by atoms with van der Waals surface area (Å²) >= 11 is 0. The number of para-hydroxylation sites is 1. The molecule has 34 heavy (non-hydrogen) atoms. The van der Waals surface area contributed by atoms with E-state index in [9.17, 15) is 13.6 Å². The summed E-state index contributed by atoms with van der Waals surface area (Å²) in [6.45, 7) is 3.97. The van der Waals surface area contributed by atoms with Crippen LogP contribution in [0.5, 0.6) is 0 Å². The second kappa shape index (κ2) is 7.73. The van der Waals surface area contributed by atoms with E-state index >= 15 is 0 Å². The van der Waals surface area contributed by atoms with Gasteiger partial charge in [-0.2, -0.15) is 0 Å². The van der Waals surface area contributed by atoms with Crippen molar-refractivity contribution in [3.05, 3.63) is 71.6 Å². The van der Waals surface area contributed by atoms with Crippen molar-refractivity contribution in [2.45, 2.75) is 19.4 Å². The van der Waals surface area contributed by atoms with E-state index in [1.807, 2.05) is 17.0 Å². The Balaban J connectivity index is 1.20. The highest BCUT2D eigenvalue weighted by molar-refractivity contribution is 5.97. The van der Waals surface area contributed by atoms with E-state index in [4.69, 9.17) is 5.73 Å². The molecule has 2 aliphatic heterocycles. The first-order valence-electron chi connectivity index (χ1n) is 11.4. The van der Waals surface area contributed by atoms with Gasteiger partial charge in [-0.3, -0.25) is 14.1 Å². The molecular formula is C25H24F2N6O. The number of aromatic nitrogens is 3. The minimum Gasteiger partial charge on any atom is -0.369 e. The number of fused-ring (bicyclic) bond motifs is 3. The molecule has 2 aromatic carbocycles. The van der Waals surface area contributed by atoms with E-state index in [0.717, 1.165) is 38.0 Å². The van der Waals surface area contributed by atoms with Crippen molar-refractivity contribution < 1.29 is 13.6 Å². The molecule has 2 saturated heterocycles. The van der Waals surface area contributed by atoms with Crippen molar-refractivity contribution in [1.82, 2.24) is 24.2 Å². The van der Waals surface area contributed by atoms with Crippen molar-refractivity contribution >= 4 is 28.4 Å². The Morgan fingerprint density at radius 1 is 1.03 bits per heavy atom. The Hall–Kier alpha value is -3.59. The number of hydrogen-bond acceptors (Lipinski definition) is 5. The highest BCUT2D eigenvalue weighted by Crippen LogP contribution is 2.40. The molecular weight excluding hydrogens is 438 g/mol. The quantitative estimate of drug-likeness (QED) is 0.504. The number of nitrogen functional groups attached to an aromatic ring is 1. The minimum absolute atomic E-state index is 0.0608. The summed E-state index contributed by atoms with van der Waals surface area (Å²) in [4.78, 5) is 26.2. The molecule has 1 spiro atoms. The van der Waals surface area contributed by atoms with Gasteiger partial charge in [-0.25, -0.2) is 18.7 Å². The Labute approximate surface area is 194 Å². The third-order valence-electron chi connectivity index (χ3n) is 7.19. The van der Waals surface area contributed by atoms with Gasteiger partial charge in [-0.1, -0.05) is 18.2 Å². The van der Waals surface area contributed by atoms with E-state index in [-0.39, 0.29) is 34.3 Å². The highest BCUT2D eigenvalue weighted by atomic mass is 19.1. The van der Waals surface area contributed by atoms with Gasteiger partial charge in [0.25, 0.3) is 5.91 Å². The van der Waals surface area contributed by atoms with Crippen LogP contribution in [0.1, 0.15) is 28.9 Å². The van der Waals surface area contributed by atoms with E-state index in [1.165, 1.54) is 18.2 Å². The standard InChI is InChI=1S/C25H24F2N6O/c26-17-6-4-16(5-7-17)12-31-10-8-25(14-31)9-11-32(15-25)23(34)20-13-33-22(29-20)18-2-1-3-19(27)21(18)30-24(33)28/h1-7,13H,8-12,14-15H2,(H2,28,30). The zero-order valence-electron chi connectivity index (χ0n) is 18.5. The molecule has 0 bridgehead atoms. The third kappa shape index (κ3) is 3.47. The third-order valence-corrected chi connectivity index (χ3v) is 7.19. The average Bonchev–Trinajstić information content (AvgIpc) is 3.55. The Kier molecular flexibility index (Phi) is 4.77. The van der Waals surface area contributed by atoms with Gasteiger partial charge >= 0.3 is 0 Å². The van der Waals surface area contributed by atoms with Gasteiger partial charge in [0, 0.05) is 43.2 Å². The second-order valence-electron chi connectivity index (χ2n) is 9.49. The Bertz CT molecular complexity index is 1420. The number of rotatable bonds is 3. The lowest BCUT2D eigenvalue weighted by Gasteiger charge is -2.24. The first kappa shape index (κ1) is 21.0. The van der Waals surface area contributed by atoms with Gasteiger partial charge in [0.15, 0.2) is 0 Å². The molecule has 0 radical (unpaired) electrons. The maximum Gasteiger partial charge on any atom is 0.274 e. The van der Waals surface area contributed by atoms with E-state index in [0.29, 0.717) is 24.1 Å². The molecule has 1 amide bonds. The number of halogens is 2. The van der Waals surface area contributed by atoms with Crippen molar-refractivity contribution in [2.75, 3.05) is 31.9 Å². The molecule has 4 aromatic rings. The molecule has 1 atom stereocenters. The largest absolute Gasteiger partial charge is 0.369 e. The van der Waals surface area contributed by atoms with Gasteiger partial charge in [-0.15, -0.1) is 0 Å². The Morgan fingerprint density at radius 3 is 2.65 bits per heavy atom. The normalized spacial score (nSPS) is 20.8. The number of anilines is 1. The number of nitrogens with two attached hydrogens (primary N) is 1. The van der Waals surface area contributed by atoms with Gasteiger partial charge in [-0.05, 0) is 49.2 Å². The number of imidazole rings is 1. The summed E-state index contributed by atoms with van der Waals surface area (Å²) in [5, 5.41) is 0.512. The number of carbonyl (C=O) groups is 1. The maximum atomic E-state index is 14.2. The zero-order valence-corrected chi connectivity index (χ0v) is 18.5. The van der Waals surface area contributed by atoms with Crippen molar-refractivity contribution in [3.8, 4) is 0 Å². The summed E-state index contributed by atoms with van der Waals surface area (Å²) in [5.74, 6) is -0.768. The molecule has 6 rings (SSSR count). The minimum atomic E-state index is -0.476. The molecule has 1 unspecified atom stereocenters. The van der Waals surface area contributed by atoms with Crippen LogP contribution in [0.4, 0.5) is 14.7 Å². The number of nitrogens with zero attached hydrogens (tertiary/aromatic N) is 5. The van der Waals surface area contributed by atoms with E-state index < -0.39 is 5.82 Å². The van der Waals surface area contributed by atoms with Crippen LogP contribution in [0.2, 0.25) is 0 Å². The summed E-state index contributed by atoms with van der Waals surface area (Å²) in [7, 11) is 0. The summed E-state index contributed by atoms with van der Waals surface area (Å²) in [6, 6.07) is 11.3. The molecule has 4 heterocycles. The molecule has 2 N–H and O–H groups in total. The lowest BCUT2D eigenvalue weighted by Crippen LogP contribution is -2.34. The molecule has 174 valence electrons. The fourth-order valence-corrected chi connectivity index (χ4v) is 5.44. The summed E-state index contributed by atoms with van der Waals surface area (Å²) in [6.07, 6.45) is 3.54. The van der Waals surface area contributed by atoms with Crippen LogP contribution in [0.3, 0.4) is 0 Å². The van der Waals surface area contributed by atoms with Crippen molar-refractivity contribution in [1.29, 1.82) is 0 Å². The summed E-state index contributed by atoms with van der Waals surface area (Å²) in [5.41, 5.74) is 8.03. The van der Waals surface area contributed by atoms with Gasteiger partial charge < -0.3 is 10.6 Å². The molecule has 7 nitrogen and oxygen atoms in total. The Morgan fingerprint density at radius 2 is 1.82 bits per heavy atom. The molecule has 0 saturated carbocycles. The second-order valence-corrected chi connectivity index (χ2v) is 9.49. The lowest BCUT2D eigenvalue weighted by molar-refractivity contribution is 0.0768. The predicted molar refractivity (Wildman–Crippen MR) is 124 cm³/mol. The zero-order chi connectivity index (χ0) is 23.4. The van der Waals surface area contributed by atoms with Crippen LogP contribution >= 0.6 is 0 Å². The number of hydrogen-bond donors (Lipinski definition) is 1. The number of likely N-dealkylation sites (tertiary alicyclic amines) is 2. The van der Waals surface area contributed by atoms with Gasteiger partial charge in [0.05, 0.1) is 0 Å². The van der Waals surface area contributed by atoms with Crippen LogP contribution < -0.4 is 5.73 Å². The summed E-state index contributed by atoms with van der Waals surface area (Å²) < 4.78 is 29.0. The van der Waals surface area contributed by atoms with Crippen LogP contribution in [-0.4, -0.2) is 56.3 Å². The lowest BCUT2D eigenvalue weighted by atomic mass is 9.86. The average molecular weight is 463 g/mol. The highest BCUT2D eigenvalue weighted by Gasteiger charge is 2.45. The van der Waals surface area contributed by atoms with Gasteiger partial charge in [0.1, 0.15) is 28.5 Å². The van der Waals surface area contributed by atoms with E-state index in [1.54, 1.807) is 22.7 Å². The van der Waals surface area contributed by atoms with Crippen LogP contribution in [-0.2, 0) is 6.54 Å². The molecule has 2 aliphatic rings. The fraction of sp³-hybridized carbons (Fsp3) is 0.320. The maximum absolute atomic E-state index is 14.2. The van der Waals surface area contributed by atoms with Crippen LogP contribution in [0.15, 0.2) is 48.7 Å². The fourth-order valence-electron chi connectivity index (χ4n) is 5.44. The van der Waals surface area contributed by atoms with Crippen LogP contribution in [0.25, 0.3) is 16.6 Å². The number of benzene rings is 2. The first-order chi connectivity index (χ1) is 16.4.